The van der Waals surface area contributed by atoms with Gasteiger partial charge in [0.25, 0.3) is 5.91 Å². The molecule has 0 aliphatic rings. The summed E-state index contributed by atoms with van der Waals surface area (Å²) in [6.45, 7) is 0. The highest BCUT2D eigenvalue weighted by atomic mass is 32.1. The Balaban J connectivity index is 1.42. The lowest BCUT2D eigenvalue weighted by molar-refractivity contribution is 0.101. The molecule has 0 bridgehead atoms. The van der Waals surface area contributed by atoms with Gasteiger partial charge >= 0.3 is 0 Å². The number of aromatic nitrogens is 3. The molecule has 8 heteroatoms. The second-order valence-electron chi connectivity index (χ2n) is 7.56. The van der Waals surface area contributed by atoms with E-state index in [0.717, 1.165) is 5.56 Å². The highest BCUT2D eigenvalue weighted by molar-refractivity contribution is 7.13. The molecule has 2 aromatic heterocycles. The van der Waals surface area contributed by atoms with Crippen LogP contribution >= 0.6 is 11.3 Å². The van der Waals surface area contributed by atoms with Crippen molar-refractivity contribution < 1.29 is 13.6 Å². The number of hydrogen-bond acceptors (Lipinski definition) is 4. The first kappa shape index (κ1) is 21.7. The summed E-state index contributed by atoms with van der Waals surface area (Å²) in [5.41, 5.74) is 3.98. The van der Waals surface area contributed by atoms with Gasteiger partial charge in [0.15, 0.2) is 0 Å². The van der Waals surface area contributed by atoms with Gasteiger partial charge in [-0.2, -0.15) is 5.10 Å². The third-order valence-corrected chi connectivity index (χ3v) is 6.19. The Morgan fingerprint density at radius 1 is 0.912 bits per heavy atom. The molecule has 0 aliphatic heterocycles. The van der Waals surface area contributed by atoms with E-state index in [-0.39, 0.29) is 17.5 Å². The van der Waals surface area contributed by atoms with Crippen molar-refractivity contribution in [3.63, 3.8) is 0 Å². The van der Waals surface area contributed by atoms with Gasteiger partial charge in [0, 0.05) is 29.1 Å². The largest absolute Gasteiger partial charge is 0.320 e. The minimum absolute atomic E-state index is 0.335. The van der Waals surface area contributed by atoms with Gasteiger partial charge in [0.2, 0.25) is 0 Å². The molecule has 5 nitrogen and oxygen atoms in total. The summed E-state index contributed by atoms with van der Waals surface area (Å²) in [7, 11) is 1.68. The van der Waals surface area contributed by atoms with Crippen LogP contribution in [0.2, 0.25) is 0 Å². The molecule has 1 amide bonds. The fraction of sp³-hybridized carbons (Fsp3) is 0.0385. The molecule has 0 spiro atoms. The molecule has 5 aromatic rings. The maximum Gasteiger partial charge on any atom is 0.273 e. The van der Waals surface area contributed by atoms with Crippen molar-refractivity contribution in [3.8, 4) is 33.1 Å². The van der Waals surface area contributed by atoms with E-state index in [0.29, 0.717) is 38.9 Å². The van der Waals surface area contributed by atoms with Crippen molar-refractivity contribution in [2.24, 2.45) is 7.05 Å². The molecule has 0 unspecified atom stereocenters. The standard InChI is InChI=1S/C26H18F2N4OS/c1-32-24(14-22(31-32)16-10-12-17(27)13-11-16)25(33)29-21-9-5-3-7-19(21)23-15-34-26(30-23)18-6-2-4-8-20(18)28/h2-15H,1H3,(H,29,33). The number of benzene rings is 3. The highest BCUT2D eigenvalue weighted by Gasteiger charge is 2.18. The van der Waals surface area contributed by atoms with Crippen molar-refractivity contribution in [2.75, 3.05) is 5.32 Å². The topological polar surface area (TPSA) is 59.8 Å². The molecule has 34 heavy (non-hydrogen) atoms. The summed E-state index contributed by atoms with van der Waals surface area (Å²) >= 11 is 1.34. The Hall–Kier alpha value is -4.17. The molecule has 1 N–H and O–H groups in total. The maximum absolute atomic E-state index is 14.2. The first-order chi connectivity index (χ1) is 16.5. The Labute approximate surface area is 198 Å². The molecular weight excluding hydrogens is 454 g/mol. The number of rotatable bonds is 5. The predicted octanol–water partition coefficient (Wildman–Crippen LogP) is 6.41. The molecule has 0 fully saturated rings. The minimum Gasteiger partial charge on any atom is -0.320 e. The number of para-hydroxylation sites is 1. The number of thiazole rings is 1. The molecule has 3 aromatic carbocycles. The lowest BCUT2D eigenvalue weighted by Crippen LogP contribution is -2.16. The van der Waals surface area contributed by atoms with Crippen molar-refractivity contribution in [1.82, 2.24) is 14.8 Å². The Morgan fingerprint density at radius 2 is 1.62 bits per heavy atom. The fourth-order valence-electron chi connectivity index (χ4n) is 3.60. The molecule has 168 valence electrons. The number of hydrogen-bond donors (Lipinski definition) is 1. The Morgan fingerprint density at radius 3 is 2.38 bits per heavy atom. The Bertz CT molecular complexity index is 1490. The monoisotopic (exact) mass is 472 g/mol. The number of carbonyl (C=O) groups is 1. The molecule has 5 rings (SSSR count). The van der Waals surface area contributed by atoms with E-state index in [9.17, 15) is 13.6 Å². The van der Waals surface area contributed by atoms with E-state index < -0.39 is 0 Å². The van der Waals surface area contributed by atoms with Crippen molar-refractivity contribution >= 4 is 22.9 Å². The van der Waals surface area contributed by atoms with Crippen LogP contribution in [0, 0.1) is 11.6 Å². The molecule has 0 saturated carbocycles. The van der Waals surface area contributed by atoms with Crippen molar-refractivity contribution in [2.45, 2.75) is 0 Å². The van der Waals surface area contributed by atoms with Crippen LogP contribution in [0.1, 0.15) is 10.5 Å². The van der Waals surface area contributed by atoms with E-state index in [1.54, 1.807) is 49.5 Å². The second-order valence-corrected chi connectivity index (χ2v) is 8.42. The van der Waals surface area contributed by atoms with E-state index in [1.165, 1.54) is 34.2 Å². The number of nitrogens with one attached hydrogen (secondary N) is 1. The van der Waals surface area contributed by atoms with Crippen LogP contribution in [0.4, 0.5) is 14.5 Å². The summed E-state index contributed by atoms with van der Waals surface area (Å²) in [5.74, 6) is -1.02. The van der Waals surface area contributed by atoms with Crippen LogP contribution < -0.4 is 5.32 Å². The van der Waals surface area contributed by atoms with Crippen LogP contribution in [0.5, 0.6) is 0 Å². The van der Waals surface area contributed by atoms with Crippen LogP contribution in [-0.2, 0) is 7.05 Å². The summed E-state index contributed by atoms with van der Waals surface area (Å²) in [5, 5.41) is 9.71. The molecule has 0 saturated heterocycles. The normalized spacial score (nSPS) is 10.9. The van der Waals surface area contributed by atoms with Gasteiger partial charge in [0.05, 0.1) is 17.1 Å². The summed E-state index contributed by atoms with van der Waals surface area (Å²) in [4.78, 5) is 17.7. The molecule has 0 radical (unpaired) electrons. The summed E-state index contributed by atoms with van der Waals surface area (Å²) < 4.78 is 28.9. The van der Waals surface area contributed by atoms with E-state index in [2.05, 4.69) is 15.4 Å². The smallest absolute Gasteiger partial charge is 0.273 e. The van der Waals surface area contributed by atoms with Crippen LogP contribution in [0.15, 0.2) is 84.2 Å². The minimum atomic E-state index is -0.347. The SMILES string of the molecule is Cn1nc(-c2ccc(F)cc2)cc1C(=O)Nc1ccccc1-c1csc(-c2ccccc2F)n1. The molecular formula is C26H18F2N4OS. The molecule has 0 aliphatic carbocycles. The third kappa shape index (κ3) is 4.23. The van der Waals surface area contributed by atoms with Gasteiger partial charge in [0.1, 0.15) is 22.3 Å². The zero-order valence-electron chi connectivity index (χ0n) is 18.0. The number of aryl methyl sites for hydroxylation is 1. The van der Waals surface area contributed by atoms with E-state index >= 15 is 0 Å². The zero-order chi connectivity index (χ0) is 23.7. The lowest BCUT2D eigenvalue weighted by Gasteiger charge is -2.09. The average molecular weight is 473 g/mol. The molecule has 0 atom stereocenters. The van der Waals surface area contributed by atoms with Gasteiger partial charge in [-0.3, -0.25) is 9.48 Å². The quantitative estimate of drug-likeness (QED) is 0.322. The van der Waals surface area contributed by atoms with Gasteiger partial charge in [-0.1, -0.05) is 30.3 Å². The number of amides is 1. The summed E-state index contributed by atoms with van der Waals surface area (Å²) in [6.07, 6.45) is 0. The highest BCUT2D eigenvalue weighted by Crippen LogP contribution is 2.34. The Kier molecular flexibility index (Phi) is 5.73. The van der Waals surface area contributed by atoms with Gasteiger partial charge in [-0.05, 0) is 48.5 Å². The van der Waals surface area contributed by atoms with E-state index in [4.69, 9.17) is 0 Å². The number of anilines is 1. The maximum atomic E-state index is 14.2. The average Bonchev–Trinajstić information content (AvgIpc) is 3.47. The van der Waals surface area contributed by atoms with Crippen molar-refractivity contribution in [1.29, 1.82) is 0 Å². The van der Waals surface area contributed by atoms with Crippen molar-refractivity contribution in [3.05, 3.63) is 102 Å². The van der Waals surface area contributed by atoms with E-state index in [1.807, 2.05) is 23.6 Å². The lowest BCUT2D eigenvalue weighted by atomic mass is 10.1. The fourth-order valence-corrected chi connectivity index (χ4v) is 4.45. The first-order valence-electron chi connectivity index (χ1n) is 10.4. The zero-order valence-corrected chi connectivity index (χ0v) is 18.8. The third-order valence-electron chi connectivity index (χ3n) is 5.31. The number of nitrogens with zero attached hydrogens (tertiary/aromatic N) is 3. The van der Waals surface area contributed by atoms with Crippen LogP contribution in [0.3, 0.4) is 0 Å². The summed E-state index contributed by atoms with van der Waals surface area (Å²) in [6, 6.07) is 21.4. The second kappa shape index (κ2) is 8.99. The number of halogens is 2. The molecule has 2 heterocycles. The van der Waals surface area contributed by atoms with Crippen LogP contribution in [0.25, 0.3) is 33.1 Å². The number of carbonyl (C=O) groups excluding carboxylic acids is 1. The van der Waals surface area contributed by atoms with Gasteiger partial charge in [-0.25, -0.2) is 13.8 Å². The van der Waals surface area contributed by atoms with Gasteiger partial charge < -0.3 is 5.32 Å². The predicted molar refractivity (Wildman–Crippen MR) is 129 cm³/mol. The first-order valence-corrected chi connectivity index (χ1v) is 11.3. The van der Waals surface area contributed by atoms with Crippen LogP contribution in [-0.4, -0.2) is 20.7 Å². The van der Waals surface area contributed by atoms with Gasteiger partial charge in [-0.15, -0.1) is 11.3 Å².